The lowest BCUT2D eigenvalue weighted by molar-refractivity contribution is -0.124. The third kappa shape index (κ3) is 3.86. The van der Waals surface area contributed by atoms with Crippen molar-refractivity contribution in [2.24, 2.45) is 0 Å². The highest BCUT2D eigenvalue weighted by Crippen LogP contribution is 2.25. The highest BCUT2D eigenvalue weighted by atomic mass is 16.5. The highest BCUT2D eigenvalue weighted by molar-refractivity contribution is 5.85. The Labute approximate surface area is 158 Å². The predicted molar refractivity (Wildman–Crippen MR) is 104 cm³/mol. The summed E-state index contributed by atoms with van der Waals surface area (Å²) >= 11 is 0. The molecule has 0 fully saturated rings. The van der Waals surface area contributed by atoms with E-state index in [1.165, 1.54) is 29.1 Å². The van der Waals surface area contributed by atoms with E-state index in [0.29, 0.717) is 6.54 Å². The first-order chi connectivity index (χ1) is 13.2. The number of hydrogen-bond acceptors (Lipinski definition) is 4. The predicted octanol–water partition coefficient (Wildman–Crippen LogP) is 2.36. The minimum absolute atomic E-state index is 0.0817. The Hall–Kier alpha value is -2.70. The largest absolute Gasteiger partial charge is 0.375 e. The van der Waals surface area contributed by atoms with Gasteiger partial charge in [0.25, 0.3) is 0 Å². The molecule has 0 radical (unpaired) electrons. The minimum Gasteiger partial charge on any atom is -0.375 e. The van der Waals surface area contributed by atoms with E-state index in [0.717, 1.165) is 19.6 Å². The number of benzene rings is 2. The van der Waals surface area contributed by atoms with E-state index >= 15 is 0 Å². The van der Waals surface area contributed by atoms with Crippen LogP contribution in [0, 0.1) is 0 Å². The average Bonchev–Trinajstić information content (AvgIpc) is 3.15. The quantitative estimate of drug-likeness (QED) is 0.729. The van der Waals surface area contributed by atoms with Crippen LogP contribution in [-0.2, 0) is 22.6 Å². The summed E-state index contributed by atoms with van der Waals surface area (Å²) in [7, 11) is 1.53. The second-order valence-electron chi connectivity index (χ2n) is 6.97. The lowest BCUT2D eigenvalue weighted by Crippen LogP contribution is -2.43. The number of hydrogen-bond donors (Lipinski definition) is 1. The van der Waals surface area contributed by atoms with Gasteiger partial charge in [-0.1, -0.05) is 42.5 Å². The molecule has 0 aliphatic carbocycles. The van der Waals surface area contributed by atoms with Crippen LogP contribution in [0.1, 0.15) is 17.3 Å². The van der Waals surface area contributed by atoms with E-state index in [4.69, 9.17) is 4.74 Å². The van der Waals surface area contributed by atoms with E-state index < -0.39 is 0 Å². The SMILES string of the molecule is COCC(=O)NCC1CN(Cc2cccc3ccccc23)Cc2ccnn21. The van der Waals surface area contributed by atoms with Crippen LogP contribution in [0.25, 0.3) is 10.8 Å². The minimum atomic E-state index is -0.0996. The Morgan fingerprint density at radius 1 is 1.22 bits per heavy atom. The molecule has 4 rings (SSSR count). The average molecular weight is 364 g/mol. The van der Waals surface area contributed by atoms with Crippen LogP contribution in [0.5, 0.6) is 0 Å². The zero-order chi connectivity index (χ0) is 18.6. The molecular formula is C21H24N4O2. The van der Waals surface area contributed by atoms with Crippen LogP contribution in [0.3, 0.4) is 0 Å². The molecule has 1 atom stereocenters. The van der Waals surface area contributed by atoms with Crippen LogP contribution in [0.15, 0.2) is 54.7 Å². The molecule has 0 bridgehead atoms. The third-order valence-corrected chi connectivity index (χ3v) is 5.04. The molecule has 1 N–H and O–H groups in total. The van der Waals surface area contributed by atoms with Crippen molar-refractivity contribution in [1.29, 1.82) is 0 Å². The van der Waals surface area contributed by atoms with Gasteiger partial charge in [-0.2, -0.15) is 5.10 Å². The first-order valence-electron chi connectivity index (χ1n) is 9.21. The normalized spacial score (nSPS) is 17.0. The number of nitrogens with zero attached hydrogens (tertiary/aromatic N) is 3. The topological polar surface area (TPSA) is 59.4 Å². The highest BCUT2D eigenvalue weighted by Gasteiger charge is 2.26. The number of carbonyl (C=O) groups is 1. The van der Waals surface area contributed by atoms with Gasteiger partial charge < -0.3 is 10.1 Å². The molecule has 2 heterocycles. The number of amides is 1. The van der Waals surface area contributed by atoms with Gasteiger partial charge in [0.05, 0.1) is 11.7 Å². The molecule has 1 unspecified atom stereocenters. The van der Waals surface area contributed by atoms with Crippen molar-refractivity contribution >= 4 is 16.7 Å². The summed E-state index contributed by atoms with van der Waals surface area (Å²) < 4.78 is 6.93. The van der Waals surface area contributed by atoms with E-state index in [9.17, 15) is 4.79 Å². The molecular weight excluding hydrogens is 340 g/mol. The zero-order valence-corrected chi connectivity index (χ0v) is 15.5. The van der Waals surface area contributed by atoms with Gasteiger partial charge in [0, 0.05) is 39.5 Å². The third-order valence-electron chi connectivity index (χ3n) is 5.04. The molecule has 6 heteroatoms. The lowest BCUT2D eigenvalue weighted by atomic mass is 10.0. The fraction of sp³-hybridized carbons (Fsp3) is 0.333. The summed E-state index contributed by atoms with van der Waals surface area (Å²) in [6.07, 6.45) is 1.83. The first-order valence-corrected chi connectivity index (χ1v) is 9.21. The lowest BCUT2D eigenvalue weighted by Gasteiger charge is -2.34. The smallest absolute Gasteiger partial charge is 0.246 e. The molecule has 0 saturated heterocycles. The van der Waals surface area contributed by atoms with E-state index in [1.807, 2.05) is 10.9 Å². The fourth-order valence-corrected chi connectivity index (χ4v) is 3.82. The van der Waals surface area contributed by atoms with Crippen LogP contribution >= 0.6 is 0 Å². The first kappa shape index (κ1) is 17.7. The Balaban J connectivity index is 1.51. The maximum atomic E-state index is 11.8. The summed E-state index contributed by atoms with van der Waals surface area (Å²) in [4.78, 5) is 14.2. The molecule has 6 nitrogen and oxygen atoms in total. The molecule has 1 amide bonds. The Morgan fingerprint density at radius 3 is 2.96 bits per heavy atom. The van der Waals surface area contributed by atoms with E-state index in [-0.39, 0.29) is 18.6 Å². The van der Waals surface area contributed by atoms with Crippen LogP contribution in [-0.4, -0.2) is 47.4 Å². The van der Waals surface area contributed by atoms with Gasteiger partial charge >= 0.3 is 0 Å². The van der Waals surface area contributed by atoms with Crippen molar-refractivity contribution in [2.75, 3.05) is 26.8 Å². The van der Waals surface area contributed by atoms with Crippen molar-refractivity contribution in [2.45, 2.75) is 19.1 Å². The summed E-state index contributed by atoms with van der Waals surface area (Å²) in [6, 6.07) is 17.1. The monoisotopic (exact) mass is 364 g/mol. The van der Waals surface area contributed by atoms with Crippen molar-refractivity contribution in [1.82, 2.24) is 20.0 Å². The number of fused-ring (bicyclic) bond motifs is 2. The summed E-state index contributed by atoms with van der Waals surface area (Å²) in [6.45, 7) is 3.19. The number of ether oxygens (including phenoxy) is 1. The standard InChI is InChI=1S/C21H24N4O2/c1-27-15-21(26)22-11-19-14-24(13-18-9-10-23-25(18)19)12-17-7-4-6-16-5-2-3-8-20(16)17/h2-10,19H,11-15H2,1H3,(H,22,26). The van der Waals surface area contributed by atoms with Gasteiger partial charge in [-0.25, -0.2) is 0 Å². The number of rotatable bonds is 6. The van der Waals surface area contributed by atoms with Gasteiger partial charge in [-0.05, 0) is 22.4 Å². The van der Waals surface area contributed by atoms with Crippen molar-refractivity contribution in [3.8, 4) is 0 Å². The molecule has 140 valence electrons. The maximum Gasteiger partial charge on any atom is 0.246 e. The van der Waals surface area contributed by atoms with Gasteiger partial charge in [-0.3, -0.25) is 14.4 Å². The van der Waals surface area contributed by atoms with Crippen LogP contribution < -0.4 is 5.32 Å². The molecule has 0 saturated carbocycles. The van der Waals surface area contributed by atoms with Crippen molar-refractivity contribution in [3.05, 3.63) is 66.0 Å². The number of aromatic nitrogens is 2. The molecule has 0 spiro atoms. The summed E-state index contributed by atoms with van der Waals surface area (Å²) in [5.41, 5.74) is 2.50. The molecule has 3 aromatic rings. The Bertz CT molecular complexity index is 931. The van der Waals surface area contributed by atoms with E-state index in [2.05, 4.69) is 63.8 Å². The summed E-state index contributed by atoms with van der Waals surface area (Å²) in [5, 5.41) is 9.97. The summed E-state index contributed by atoms with van der Waals surface area (Å²) in [5.74, 6) is -0.0996. The van der Waals surface area contributed by atoms with Gasteiger partial charge in [0.1, 0.15) is 6.61 Å². The molecule has 27 heavy (non-hydrogen) atoms. The van der Waals surface area contributed by atoms with Gasteiger partial charge in [-0.15, -0.1) is 0 Å². The molecule has 2 aromatic carbocycles. The van der Waals surface area contributed by atoms with Crippen LogP contribution in [0.2, 0.25) is 0 Å². The van der Waals surface area contributed by atoms with Crippen LogP contribution in [0.4, 0.5) is 0 Å². The van der Waals surface area contributed by atoms with Gasteiger partial charge in [0.15, 0.2) is 0 Å². The maximum absolute atomic E-state index is 11.8. The number of methoxy groups -OCH3 is 1. The number of nitrogens with one attached hydrogen (secondary N) is 1. The van der Waals surface area contributed by atoms with E-state index in [1.54, 1.807) is 0 Å². The molecule has 1 aliphatic heterocycles. The molecule has 1 aliphatic rings. The number of carbonyl (C=O) groups excluding carboxylic acids is 1. The second kappa shape index (κ2) is 7.90. The second-order valence-corrected chi connectivity index (χ2v) is 6.97. The molecule has 1 aromatic heterocycles. The van der Waals surface area contributed by atoms with Crippen molar-refractivity contribution in [3.63, 3.8) is 0 Å². The van der Waals surface area contributed by atoms with Gasteiger partial charge in [0.2, 0.25) is 5.91 Å². The zero-order valence-electron chi connectivity index (χ0n) is 15.5. The Morgan fingerprint density at radius 2 is 2.07 bits per heavy atom. The van der Waals surface area contributed by atoms with Crippen molar-refractivity contribution < 1.29 is 9.53 Å². The Kier molecular flexibility index (Phi) is 5.18. The fourth-order valence-electron chi connectivity index (χ4n) is 3.82.